The fourth-order valence-electron chi connectivity index (χ4n) is 2.42. The predicted molar refractivity (Wildman–Crippen MR) is 68.3 cm³/mol. The van der Waals surface area contributed by atoms with Crippen molar-refractivity contribution in [2.75, 3.05) is 13.1 Å². The van der Waals surface area contributed by atoms with Crippen molar-refractivity contribution in [3.05, 3.63) is 35.4 Å². The molecule has 1 aliphatic heterocycles. The van der Waals surface area contributed by atoms with Gasteiger partial charge in [-0.05, 0) is 45.0 Å². The number of nitrogens with one attached hydrogen (secondary N) is 1. The molecule has 0 saturated carbocycles. The van der Waals surface area contributed by atoms with Crippen LogP contribution in [0.4, 0.5) is 8.78 Å². The summed E-state index contributed by atoms with van der Waals surface area (Å²) in [5, 5.41) is 3.41. The minimum Gasteiger partial charge on any atom is -0.313 e. The molecule has 1 saturated heterocycles. The fraction of sp³-hybridized carbons (Fsp3) is 0.571. The topological polar surface area (TPSA) is 15.3 Å². The average Bonchev–Trinajstić information content (AvgIpc) is 2.47. The van der Waals surface area contributed by atoms with Gasteiger partial charge < -0.3 is 5.32 Å². The molecule has 4 heteroatoms. The minimum atomic E-state index is -0.375. The molecule has 1 fully saturated rings. The van der Waals surface area contributed by atoms with Crippen LogP contribution in [0, 0.1) is 11.6 Å². The molecule has 0 aromatic heterocycles. The van der Waals surface area contributed by atoms with Gasteiger partial charge >= 0.3 is 0 Å². The van der Waals surface area contributed by atoms with Gasteiger partial charge in [0.15, 0.2) is 0 Å². The Labute approximate surface area is 107 Å². The van der Waals surface area contributed by atoms with E-state index in [-0.39, 0.29) is 11.6 Å². The lowest BCUT2D eigenvalue weighted by atomic mass is 10.1. The van der Waals surface area contributed by atoms with E-state index in [0.29, 0.717) is 24.2 Å². The van der Waals surface area contributed by atoms with Crippen LogP contribution in [0.2, 0.25) is 0 Å². The molecule has 100 valence electrons. The quantitative estimate of drug-likeness (QED) is 0.872. The van der Waals surface area contributed by atoms with Crippen LogP contribution >= 0.6 is 0 Å². The molecular weight excluding hydrogens is 234 g/mol. The Morgan fingerprint density at radius 3 is 2.89 bits per heavy atom. The maximum atomic E-state index is 13.6. The maximum absolute atomic E-state index is 13.6. The van der Waals surface area contributed by atoms with E-state index < -0.39 is 0 Å². The molecule has 1 aromatic rings. The van der Waals surface area contributed by atoms with Gasteiger partial charge in [-0.25, -0.2) is 8.78 Å². The third-order valence-electron chi connectivity index (χ3n) is 3.57. The van der Waals surface area contributed by atoms with Crippen molar-refractivity contribution < 1.29 is 8.78 Å². The van der Waals surface area contributed by atoms with E-state index >= 15 is 0 Å². The zero-order chi connectivity index (χ0) is 13.1. The number of benzene rings is 1. The van der Waals surface area contributed by atoms with Crippen LogP contribution in [0.5, 0.6) is 0 Å². The van der Waals surface area contributed by atoms with E-state index in [1.807, 2.05) is 0 Å². The summed E-state index contributed by atoms with van der Waals surface area (Å²) in [5.41, 5.74) is 0.441. The van der Waals surface area contributed by atoms with Gasteiger partial charge in [-0.2, -0.15) is 0 Å². The Bertz CT molecular complexity index is 409. The Kier molecular flexibility index (Phi) is 4.30. The summed E-state index contributed by atoms with van der Waals surface area (Å²) in [4.78, 5) is 2.21. The van der Waals surface area contributed by atoms with Crippen molar-refractivity contribution in [2.45, 2.75) is 38.9 Å². The second kappa shape index (κ2) is 5.76. The number of halogens is 2. The third kappa shape index (κ3) is 3.27. The van der Waals surface area contributed by atoms with Crippen molar-refractivity contribution in [1.29, 1.82) is 0 Å². The first kappa shape index (κ1) is 13.4. The summed E-state index contributed by atoms with van der Waals surface area (Å²) in [5.74, 6) is -0.700. The smallest absolute Gasteiger partial charge is 0.127 e. The molecule has 0 bridgehead atoms. The highest BCUT2D eigenvalue weighted by atomic mass is 19.1. The van der Waals surface area contributed by atoms with Crippen molar-refractivity contribution in [3.8, 4) is 0 Å². The summed E-state index contributed by atoms with van der Waals surface area (Å²) in [7, 11) is 0. The summed E-state index contributed by atoms with van der Waals surface area (Å²) < 4.78 is 26.8. The molecule has 0 radical (unpaired) electrons. The van der Waals surface area contributed by atoms with Gasteiger partial charge in [0.1, 0.15) is 11.6 Å². The van der Waals surface area contributed by atoms with E-state index in [0.717, 1.165) is 25.6 Å². The molecule has 1 aromatic carbocycles. The van der Waals surface area contributed by atoms with Crippen LogP contribution in [0.15, 0.2) is 18.2 Å². The van der Waals surface area contributed by atoms with E-state index in [4.69, 9.17) is 0 Å². The molecule has 0 aliphatic carbocycles. The highest BCUT2D eigenvalue weighted by Gasteiger charge is 2.21. The molecule has 0 amide bonds. The van der Waals surface area contributed by atoms with Gasteiger partial charge in [0, 0.05) is 30.7 Å². The second-order valence-electron chi connectivity index (χ2n) is 5.16. The molecule has 1 aliphatic rings. The van der Waals surface area contributed by atoms with Gasteiger partial charge in [-0.15, -0.1) is 0 Å². The Morgan fingerprint density at radius 2 is 2.11 bits per heavy atom. The SMILES string of the molecule is CC1CN(Cc2cc(F)ccc2F)C(C)CCN1. The summed E-state index contributed by atoms with van der Waals surface area (Å²) in [6.07, 6.45) is 1.03. The van der Waals surface area contributed by atoms with Gasteiger partial charge in [-0.3, -0.25) is 4.90 Å². The largest absolute Gasteiger partial charge is 0.313 e. The minimum absolute atomic E-state index is 0.326. The predicted octanol–water partition coefficient (Wildman–Crippen LogP) is 2.54. The first-order valence-electron chi connectivity index (χ1n) is 6.47. The number of rotatable bonds is 2. The molecule has 1 heterocycles. The lowest BCUT2D eigenvalue weighted by Crippen LogP contribution is -2.38. The van der Waals surface area contributed by atoms with Crippen LogP contribution in [0.25, 0.3) is 0 Å². The Morgan fingerprint density at radius 1 is 1.33 bits per heavy atom. The van der Waals surface area contributed by atoms with Gasteiger partial charge in [0.2, 0.25) is 0 Å². The Hall–Kier alpha value is -1.00. The first-order valence-corrected chi connectivity index (χ1v) is 6.47. The van der Waals surface area contributed by atoms with Crippen LogP contribution in [-0.4, -0.2) is 30.1 Å². The number of nitrogens with zero attached hydrogens (tertiary/aromatic N) is 1. The molecule has 2 unspecified atom stereocenters. The van der Waals surface area contributed by atoms with Crippen molar-refractivity contribution in [3.63, 3.8) is 0 Å². The monoisotopic (exact) mass is 254 g/mol. The number of hydrogen-bond donors (Lipinski definition) is 1. The van der Waals surface area contributed by atoms with Crippen LogP contribution in [0.1, 0.15) is 25.8 Å². The fourth-order valence-corrected chi connectivity index (χ4v) is 2.42. The number of hydrogen-bond acceptors (Lipinski definition) is 2. The summed E-state index contributed by atoms with van der Waals surface area (Å²) >= 11 is 0. The maximum Gasteiger partial charge on any atom is 0.127 e. The van der Waals surface area contributed by atoms with E-state index in [1.165, 1.54) is 12.1 Å². The van der Waals surface area contributed by atoms with Crippen LogP contribution in [0.3, 0.4) is 0 Å². The molecule has 2 atom stereocenters. The van der Waals surface area contributed by atoms with Gasteiger partial charge in [0.25, 0.3) is 0 Å². The molecule has 0 spiro atoms. The summed E-state index contributed by atoms with van der Waals surface area (Å²) in [6.45, 7) is 6.56. The molecular formula is C14H20F2N2. The standard InChI is InChI=1S/C14H20F2N2/c1-10-8-18(11(2)5-6-17-10)9-12-7-13(15)3-4-14(12)16/h3-4,7,10-11,17H,5-6,8-9H2,1-2H3. The third-order valence-corrected chi connectivity index (χ3v) is 3.57. The zero-order valence-electron chi connectivity index (χ0n) is 10.9. The van der Waals surface area contributed by atoms with Crippen LogP contribution < -0.4 is 5.32 Å². The lowest BCUT2D eigenvalue weighted by Gasteiger charge is -2.28. The van der Waals surface area contributed by atoms with E-state index in [2.05, 4.69) is 24.1 Å². The first-order chi connectivity index (χ1) is 8.56. The van der Waals surface area contributed by atoms with Crippen molar-refractivity contribution in [2.24, 2.45) is 0 Å². The van der Waals surface area contributed by atoms with E-state index in [1.54, 1.807) is 0 Å². The lowest BCUT2D eigenvalue weighted by molar-refractivity contribution is 0.196. The average molecular weight is 254 g/mol. The van der Waals surface area contributed by atoms with Crippen molar-refractivity contribution in [1.82, 2.24) is 10.2 Å². The molecule has 2 rings (SSSR count). The van der Waals surface area contributed by atoms with Crippen molar-refractivity contribution >= 4 is 0 Å². The zero-order valence-corrected chi connectivity index (χ0v) is 10.9. The highest BCUT2D eigenvalue weighted by Crippen LogP contribution is 2.17. The molecule has 1 N–H and O–H groups in total. The van der Waals surface area contributed by atoms with Gasteiger partial charge in [-0.1, -0.05) is 0 Å². The van der Waals surface area contributed by atoms with E-state index in [9.17, 15) is 8.78 Å². The molecule has 2 nitrogen and oxygen atoms in total. The van der Waals surface area contributed by atoms with Gasteiger partial charge in [0.05, 0.1) is 0 Å². The highest BCUT2D eigenvalue weighted by molar-refractivity contribution is 5.18. The Balaban J connectivity index is 2.13. The molecule has 18 heavy (non-hydrogen) atoms. The normalized spacial score (nSPS) is 26.0. The second-order valence-corrected chi connectivity index (χ2v) is 5.16. The summed E-state index contributed by atoms with van der Waals surface area (Å²) in [6, 6.07) is 4.42. The van der Waals surface area contributed by atoms with Crippen LogP contribution in [-0.2, 0) is 6.54 Å².